The van der Waals surface area contributed by atoms with Gasteiger partial charge in [0.25, 0.3) is 0 Å². The van der Waals surface area contributed by atoms with E-state index in [1.165, 1.54) is 0 Å². The van der Waals surface area contributed by atoms with E-state index in [1.54, 1.807) is 0 Å². The Morgan fingerprint density at radius 3 is 2.57 bits per heavy atom. The van der Waals surface area contributed by atoms with Gasteiger partial charge in [-0.2, -0.15) is 0 Å². The molecule has 21 heavy (non-hydrogen) atoms. The molecule has 0 radical (unpaired) electrons. The molecule has 1 unspecified atom stereocenters. The smallest absolute Gasteiger partial charge is 0.223 e. The van der Waals surface area contributed by atoms with Crippen LogP contribution in [0.25, 0.3) is 0 Å². The number of hydrogen-bond donors (Lipinski definition) is 2. The number of carbonyl (C=O) groups excluding carboxylic acids is 1. The summed E-state index contributed by atoms with van der Waals surface area (Å²) in [5, 5.41) is 6.32. The van der Waals surface area contributed by atoms with Crippen molar-refractivity contribution in [3.63, 3.8) is 0 Å². The molecule has 0 aliphatic heterocycles. The summed E-state index contributed by atoms with van der Waals surface area (Å²) in [4.78, 5) is 11.6. The Labute approximate surface area is 128 Å². The molecule has 0 aromatic heterocycles. The quantitative estimate of drug-likeness (QED) is 0.735. The van der Waals surface area contributed by atoms with E-state index in [1.807, 2.05) is 32.0 Å². The van der Waals surface area contributed by atoms with Gasteiger partial charge in [0.15, 0.2) is 0 Å². The number of benzene rings is 1. The lowest BCUT2D eigenvalue weighted by atomic mass is 10.0. The van der Waals surface area contributed by atoms with Gasteiger partial charge in [0.2, 0.25) is 5.91 Å². The highest BCUT2D eigenvalue weighted by molar-refractivity contribution is 5.76. The van der Waals surface area contributed by atoms with Gasteiger partial charge in [-0.3, -0.25) is 4.79 Å². The van der Waals surface area contributed by atoms with Crippen LogP contribution >= 0.6 is 0 Å². The Balaban J connectivity index is 2.60. The number of ether oxygens (including phenoxy) is 1. The maximum atomic E-state index is 11.6. The van der Waals surface area contributed by atoms with Gasteiger partial charge in [0.1, 0.15) is 5.75 Å². The first-order valence-electron chi connectivity index (χ1n) is 7.82. The molecule has 1 aromatic rings. The number of nitrogens with one attached hydrogen (secondary N) is 2. The van der Waals surface area contributed by atoms with Gasteiger partial charge in [-0.1, -0.05) is 32.0 Å². The minimum absolute atomic E-state index is 0.0289. The third kappa shape index (κ3) is 6.17. The van der Waals surface area contributed by atoms with Crippen LogP contribution in [0.1, 0.15) is 52.1 Å². The van der Waals surface area contributed by atoms with Gasteiger partial charge in [-0.05, 0) is 32.9 Å². The molecule has 118 valence electrons. The van der Waals surface area contributed by atoms with E-state index in [4.69, 9.17) is 4.74 Å². The zero-order valence-corrected chi connectivity index (χ0v) is 13.6. The van der Waals surface area contributed by atoms with Crippen LogP contribution in [0.15, 0.2) is 24.3 Å². The van der Waals surface area contributed by atoms with Crippen LogP contribution in [-0.4, -0.2) is 25.1 Å². The topological polar surface area (TPSA) is 50.4 Å². The SMILES string of the molecule is CCNC(CC)c1ccccc1OCCC(=O)NC(C)C. The molecular formula is C17H28N2O2. The first-order chi connectivity index (χ1) is 10.1. The molecule has 0 saturated heterocycles. The molecule has 1 amide bonds. The van der Waals surface area contributed by atoms with E-state index in [2.05, 4.69) is 30.5 Å². The maximum Gasteiger partial charge on any atom is 0.223 e. The van der Waals surface area contributed by atoms with Gasteiger partial charge in [0.05, 0.1) is 13.0 Å². The predicted molar refractivity (Wildman–Crippen MR) is 86.5 cm³/mol. The van der Waals surface area contributed by atoms with Crippen LogP contribution in [-0.2, 0) is 4.79 Å². The molecule has 1 rings (SSSR count). The average Bonchev–Trinajstić information content (AvgIpc) is 2.44. The minimum atomic E-state index is 0.0289. The van der Waals surface area contributed by atoms with Crippen LogP contribution in [0.5, 0.6) is 5.75 Å². The van der Waals surface area contributed by atoms with E-state index in [0.717, 1.165) is 24.3 Å². The molecule has 0 bridgehead atoms. The Morgan fingerprint density at radius 1 is 1.24 bits per heavy atom. The van der Waals surface area contributed by atoms with E-state index >= 15 is 0 Å². The van der Waals surface area contributed by atoms with Gasteiger partial charge >= 0.3 is 0 Å². The Bertz CT molecular complexity index is 433. The molecular weight excluding hydrogens is 264 g/mol. The lowest BCUT2D eigenvalue weighted by Crippen LogP contribution is -2.31. The lowest BCUT2D eigenvalue weighted by molar-refractivity contribution is -0.122. The van der Waals surface area contributed by atoms with Crippen LogP contribution < -0.4 is 15.4 Å². The summed E-state index contributed by atoms with van der Waals surface area (Å²) in [7, 11) is 0. The molecule has 0 fully saturated rings. The third-order valence-corrected chi connectivity index (χ3v) is 3.19. The normalized spacial score (nSPS) is 12.2. The van der Waals surface area contributed by atoms with Gasteiger partial charge < -0.3 is 15.4 Å². The number of rotatable bonds is 9. The molecule has 1 aromatic carbocycles. The van der Waals surface area contributed by atoms with Crippen LogP contribution in [0.3, 0.4) is 0 Å². The minimum Gasteiger partial charge on any atom is -0.493 e. The Hall–Kier alpha value is -1.55. The van der Waals surface area contributed by atoms with Gasteiger partial charge in [-0.15, -0.1) is 0 Å². The molecule has 0 aliphatic carbocycles. The molecule has 0 spiro atoms. The van der Waals surface area contributed by atoms with Crippen molar-refractivity contribution >= 4 is 5.91 Å². The summed E-state index contributed by atoms with van der Waals surface area (Å²) in [5.41, 5.74) is 1.16. The maximum absolute atomic E-state index is 11.6. The Kier molecular flexibility index (Phi) is 7.83. The summed E-state index contributed by atoms with van der Waals surface area (Å²) in [6, 6.07) is 8.49. The van der Waals surface area contributed by atoms with Crippen molar-refractivity contribution in [3.05, 3.63) is 29.8 Å². The van der Waals surface area contributed by atoms with Crippen LogP contribution in [0.2, 0.25) is 0 Å². The van der Waals surface area contributed by atoms with Crippen molar-refractivity contribution in [2.75, 3.05) is 13.2 Å². The summed E-state index contributed by atoms with van der Waals surface area (Å²) in [6.45, 7) is 9.48. The fourth-order valence-corrected chi connectivity index (χ4v) is 2.27. The second-order valence-electron chi connectivity index (χ2n) is 5.38. The molecule has 4 nitrogen and oxygen atoms in total. The monoisotopic (exact) mass is 292 g/mol. The number of para-hydroxylation sites is 1. The summed E-state index contributed by atoms with van der Waals surface area (Å²) < 4.78 is 5.82. The molecule has 0 saturated carbocycles. The lowest BCUT2D eigenvalue weighted by Gasteiger charge is -2.20. The standard InChI is InChI=1S/C17H28N2O2/c1-5-15(18-6-2)14-9-7-8-10-16(14)21-12-11-17(20)19-13(3)4/h7-10,13,15,18H,5-6,11-12H2,1-4H3,(H,19,20). The van der Waals surface area contributed by atoms with Gasteiger partial charge in [0, 0.05) is 17.6 Å². The highest BCUT2D eigenvalue weighted by atomic mass is 16.5. The highest BCUT2D eigenvalue weighted by Crippen LogP contribution is 2.27. The van der Waals surface area contributed by atoms with Crippen LogP contribution in [0.4, 0.5) is 0 Å². The number of carbonyl (C=O) groups is 1. The fourth-order valence-electron chi connectivity index (χ4n) is 2.27. The third-order valence-electron chi connectivity index (χ3n) is 3.19. The molecule has 4 heteroatoms. The average molecular weight is 292 g/mol. The summed E-state index contributed by atoms with van der Waals surface area (Å²) in [5.74, 6) is 0.892. The van der Waals surface area contributed by atoms with Gasteiger partial charge in [-0.25, -0.2) is 0 Å². The molecule has 0 heterocycles. The second kappa shape index (κ2) is 9.40. The second-order valence-corrected chi connectivity index (χ2v) is 5.38. The van der Waals surface area contributed by atoms with Crippen molar-refractivity contribution in [2.24, 2.45) is 0 Å². The van der Waals surface area contributed by atoms with E-state index in [9.17, 15) is 4.79 Å². The fraction of sp³-hybridized carbons (Fsp3) is 0.588. The Morgan fingerprint density at radius 2 is 1.95 bits per heavy atom. The van der Waals surface area contributed by atoms with Crippen molar-refractivity contribution in [2.45, 2.75) is 52.6 Å². The zero-order chi connectivity index (χ0) is 15.7. The van der Waals surface area contributed by atoms with E-state index < -0.39 is 0 Å². The number of hydrogen-bond acceptors (Lipinski definition) is 3. The van der Waals surface area contributed by atoms with Crippen molar-refractivity contribution < 1.29 is 9.53 Å². The molecule has 2 N–H and O–H groups in total. The van der Waals surface area contributed by atoms with Crippen molar-refractivity contribution in [1.29, 1.82) is 0 Å². The first kappa shape index (κ1) is 17.5. The summed E-state index contributed by atoms with van der Waals surface area (Å²) in [6.07, 6.45) is 1.38. The van der Waals surface area contributed by atoms with E-state index in [0.29, 0.717) is 13.0 Å². The molecule has 1 atom stereocenters. The van der Waals surface area contributed by atoms with Crippen molar-refractivity contribution in [1.82, 2.24) is 10.6 Å². The highest BCUT2D eigenvalue weighted by Gasteiger charge is 2.13. The first-order valence-corrected chi connectivity index (χ1v) is 7.82. The number of amides is 1. The molecule has 0 aliphatic rings. The van der Waals surface area contributed by atoms with E-state index in [-0.39, 0.29) is 18.0 Å². The summed E-state index contributed by atoms with van der Waals surface area (Å²) >= 11 is 0. The van der Waals surface area contributed by atoms with Crippen molar-refractivity contribution in [3.8, 4) is 5.75 Å². The van der Waals surface area contributed by atoms with Crippen LogP contribution in [0, 0.1) is 0 Å². The zero-order valence-electron chi connectivity index (χ0n) is 13.6. The largest absolute Gasteiger partial charge is 0.493 e. The predicted octanol–water partition coefficient (Wildman–Crippen LogP) is 3.04.